The molecule has 0 amide bonds. The Morgan fingerprint density at radius 1 is 1.56 bits per heavy atom. The fourth-order valence-electron chi connectivity index (χ4n) is 2.96. The number of rotatable bonds is 4. The minimum Gasteiger partial charge on any atom is -0.466 e. The van der Waals surface area contributed by atoms with Crippen molar-refractivity contribution in [3.63, 3.8) is 0 Å². The summed E-state index contributed by atoms with van der Waals surface area (Å²) in [5, 5.41) is 10.1. The van der Waals surface area contributed by atoms with Crippen LogP contribution >= 0.6 is 0 Å². The standard InChI is InChI=1S/C13H20O5/c1-3-5-9-10(14)8-13(17-6-7-18-13)11(9)12(15)16-4-2/h3,9-11,14H,1,4-8H2,2H3/t9-,10+,11-/m0/s1. The van der Waals surface area contributed by atoms with Crippen LogP contribution in [0.3, 0.4) is 0 Å². The third-order valence-electron chi connectivity index (χ3n) is 3.65. The summed E-state index contributed by atoms with van der Waals surface area (Å²) in [4.78, 5) is 12.1. The van der Waals surface area contributed by atoms with Crippen molar-refractivity contribution in [2.24, 2.45) is 11.8 Å². The zero-order valence-electron chi connectivity index (χ0n) is 10.6. The Morgan fingerprint density at radius 3 is 2.78 bits per heavy atom. The molecular formula is C13H20O5. The van der Waals surface area contributed by atoms with Gasteiger partial charge in [0.1, 0.15) is 5.92 Å². The third-order valence-corrected chi connectivity index (χ3v) is 3.65. The Kier molecular flexibility index (Phi) is 4.04. The molecule has 2 fully saturated rings. The summed E-state index contributed by atoms with van der Waals surface area (Å²) in [5.74, 6) is -2.19. The van der Waals surface area contributed by atoms with Crippen LogP contribution in [0.1, 0.15) is 19.8 Å². The zero-order chi connectivity index (χ0) is 13.2. The highest BCUT2D eigenvalue weighted by atomic mass is 16.7. The molecule has 0 aromatic rings. The summed E-state index contributed by atoms with van der Waals surface area (Å²) in [6.45, 7) is 6.63. The molecule has 3 atom stereocenters. The van der Waals surface area contributed by atoms with Gasteiger partial charge in [-0.25, -0.2) is 0 Å². The number of allylic oxidation sites excluding steroid dienone is 1. The quantitative estimate of drug-likeness (QED) is 0.597. The molecule has 2 aliphatic rings. The topological polar surface area (TPSA) is 65.0 Å². The molecule has 5 heteroatoms. The summed E-state index contributed by atoms with van der Waals surface area (Å²) in [6.07, 6.45) is 1.93. The minimum absolute atomic E-state index is 0.250. The lowest BCUT2D eigenvalue weighted by molar-refractivity contribution is -0.203. The van der Waals surface area contributed by atoms with Crippen molar-refractivity contribution in [2.45, 2.75) is 31.7 Å². The molecule has 1 saturated heterocycles. The maximum absolute atomic E-state index is 12.1. The number of ether oxygens (including phenoxy) is 3. The van der Waals surface area contributed by atoms with E-state index in [9.17, 15) is 9.90 Å². The van der Waals surface area contributed by atoms with E-state index in [2.05, 4.69) is 6.58 Å². The van der Waals surface area contributed by atoms with E-state index >= 15 is 0 Å². The monoisotopic (exact) mass is 256 g/mol. The number of carbonyl (C=O) groups is 1. The Hall–Kier alpha value is -0.910. The summed E-state index contributed by atoms with van der Waals surface area (Å²) >= 11 is 0. The van der Waals surface area contributed by atoms with E-state index in [1.807, 2.05) is 0 Å². The number of aliphatic hydroxyl groups excluding tert-OH is 1. The third kappa shape index (κ3) is 2.18. The Labute approximate surface area is 107 Å². The van der Waals surface area contributed by atoms with E-state index in [1.54, 1.807) is 13.0 Å². The number of esters is 1. The van der Waals surface area contributed by atoms with Crippen LogP contribution in [0.5, 0.6) is 0 Å². The molecular weight excluding hydrogens is 236 g/mol. The highest BCUT2D eigenvalue weighted by molar-refractivity contribution is 5.75. The maximum Gasteiger partial charge on any atom is 0.314 e. The first-order valence-electron chi connectivity index (χ1n) is 6.38. The first-order chi connectivity index (χ1) is 8.64. The number of hydrogen-bond donors (Lipinski definition) is 1. The molecule has 2 rings (SSSR count). The van der Waals surface area contributed by atoms with Crippen LogP contribution in [0.15, 0.2) is 12.7 Å². The maximum atomic E-state index is 12.1. The molecule has 1 saturated carbocycles. The van der Waals surface area contributed by atoms with E-state index in [4.69, 9.17) is 14.2 Å². The van der Waals surface area contributed by atoms with Crippen LogP contribution in [-0.2, 0) is 19.0 Å². The molecule has 102 valence electrons. The molecule has 1 heterocycles. The van der Waals surface area contributed by atoms with Crippen molar-refractivity contribution in [2.75, 3.05) is 19.8 Å². The van der Waals surface area contributed by atoms with Gasteiger partial charge in [0.05, 0.1) is 25.9 Å². The molecule has 1 N–H and O–H groups in total. The van der Waals surface area contributed by atoms with Crippen LogP contribution in [0, 0.1) is 11.8 Å². The zero-order valence-corrected chi connectivity index (χ0v) is 10.6. The Balaban J connectivity index is 2.24. The van der Waals surface area contributed by atoms with Gasteiger partial charge in [-0.1, -0.05) is 6.08 Å². The lowest BCUT2D eigenvalue weighted by Crippen LogP contribution is -2.42. The lowest BCUT2D eigenvalue weighted by atomic mass is 9.89. The Bertz CT molecular complexity index is 321. The van der Waals surface area contributed by atoms with Crippen molar-refractivity contribution >= 4 is 5.97 Å². The molecule has 0 aromatic heterocycles. The molecule has 18 heavy (non-hydrogen) atoms. The van der Waals surface area contributed by atoms with Gasteiger partial charge in [0.2, 0.25) is 0 Å². The van der Waals surface area contributed by atoms with Crippen molar-refractivity contribution in [1.29, 1.82) is 0 Å². The van der Waals surface area contributed by atoms with Gasteiger partial charge in [0, 0.05) is 12.3 Å². The van der Waals surface area contributed by atoms with E-state index < -0.39 is 17.8 Å². The number of aliphatic hydroxyl groups is 1. The van der Waals surface area contributed by atoms with Gasteiger partial charge in [-0.15, -0.1) is 6.58 Å². The van der Waals surface area contributed by atoms with Crippen LogP contribution in [0.25, 0.3) is 0 Å². The van der Waals surface area contributed by atoms with Gasteiger partial charge in [0.25, 0.3) is 0 Å². The molecule has 0 radical (unpaired) electrons. The van der Waals surface area contributed by atoms with Crippen LogP contribution in [0.2, 0.25) is 0 Å². The van der Waals surface area contributed by atoms with Gasteiger partial charge in [-0.2, -0.15) is 0 Å². The molecule has 1 spiro atoms. The minimum atomic E-state index is -1.00. The van der Waals surface area contributed by atoms with Gasteiger partial charge < -0.3 is 19.3 Å². The second-order valence-corrected chi connectivity index (χ2v) is 4.70. The van der Waals surface area contributed by atoms with Crippen molar-refractivity contribution in [3.8, 4) is 0 Å². The van der Waals surface area contributed by atoms with E-state index in [0.29, 0.717) is 32.7 Å². The summed E-state index contributed by atoms with van der Waals surface area (Å²) in [6, 6.07) is 0. The van der Waals surface area contributed by atoms with Crippen LogP contribution in [-0.4, -0.2) is 42.8 Å². The second-order valence-electron chi connectivity index (χ2n) is 4.70. The fourth-order valence-corrected chi connectivity index (χ4v) is 2.96. The SMILES string of the molecule is C=CC[C@H]1[C@H](O)CC2(OCCO2)[C@@H]1C(=O)OCC. The van der Waals surface area contributed by atoms with E-state index in [-0.39, 0.29) is 11.9 Å². The molecule has 0 unspecified atom stereocenters. The van der Waals surface area contributed by atoms with Crippen molar-refractivity contribution in [1.82, 2.24) is 0 Å². The van der Waals surface area contributed by atoms with Gasteiger partial charge >= 0.3 is 5.97 Å². The first kappa shape index (κ1) is 13.5. The first-order valence-corrected chi connectivity index (χ1v) is 6.38. The number of carbonyl (C=O) groups excluding carboxylic acids is 1. The van der Waals surface area contributed by atoms with Gasteiger partial charge in [-0.3, -0.25) is 4.79 Å². The molecule has 0 aromatic carbocycles. The lowest BCUT2D eigenvalue weighted by Gasteiger charge is -2.29. The smallest absolute Gasteiger partial charge is 0.314 e. The molecule has 1 aliphatic heterocycles. The summed E-state index contributed by atoms with van der Waals surface area (Å²) in [5.41, 5.74) is 0. The van der Waals surface area contributed by atoms with Gasteiger partial charge in [0.15, 0.2) is 5.79 Å². The van der Waals surface area contributed by atoms with Crippen molar-refractivity contribution in [3.05, 3.63) is 12.7 Å². The predicted molar refractivity (Wildman–Crippen MR) is 63.7 cm³/mol. The van der Waals surface area contributed by atoms with E-state index in [1.165, 1.54) is 0 Å². The average molecular weight is 256 g/mol. The molecule has 0 bridgehead atoms. The van der Waals surface area contributed by atoms with Crippen LogP contribution in [0.4, 0.5) is 0 Å². The summed E-state index contributed by atoms with van der Waals surface area (Å²) in [7, 11) is 0. The predicted octanol–water partition coefficient (Wildman–Crippen LogP) is 0.866. The highest BCUT2D eigenvalue weighted by Gasteiger charge is 2.60. The van der Waals surface area contributed by atoms with Gasteiger partial charge in [-0.05, 0) is 13.3 Å². The fraction of sp³-hybridized carbons (Fsp3) is 0.769. The largest absolute Gasteiger partial charge is 0.466 e. The summed E-state index contributed by atoms with van der Waals surface area (Å²) < 4.78 is 16.3. The van der Waals surface area contributed by atoms with E-state index in [0.717, 1.165) is 0 Å². The average Bonchev–Trinajstić information content (AvgIpc) is 2.87. The Morgan fingerprint density at radius 2 is 2.22 bits per heavy atom. The second kappa shape index (κ2) is 5.38. The number of hydrogen-bond acceptors (Lipinski definition) is 5. The molecule has 5 nitrogen and oxygen atoms in total. The molecule has 1 aliphatic carbocycles. The normalized spacial score (nSPS) is 33.8. The van der Waals surface area contributed by atoms with Crippen molar-refractivity contribution < 1.29 is 24.1 Å². The highest BCUT2D eigenvalue weighted by Crippen LogP contribution is 2.48. The van der Waals surface area contributed by atoms with Crippen LogP contribution < -0.4 is 0 Å².